The summed E-state index contributed by atoms with van der Waals surface area (Å²) in [7, 11) is 1.60. The number of halogens is 6. The Morgan fingerprint density at radius 2 is 1.67 bits per heavy atom. The van der Waals surface area contributed by atoms with E-state index in [2.05, 4.69) is 41.4 Å². The molecule has 18 nitrogen and oxygen atoms in total. The number of aliphatic hydroxyl groups is 1. The number of nitrogens with zero attached hydrogens (tertiary/aromatic N) is 8. The van der Waals surface area contributed by atoms with Gasteiger partial charge < -0.3 is 40.6 Å². The van der Waals surface area contributed by atoms with E-state index in [-0.39, 0.29) is 116 Å². The van der Waals surface area contributed by atoms with Crippen molar-refractivity contribution in [2.75, 3.05) is 43.1 Å². The monoisotopic (exact) mass is 1170 g/mol. The van der Waals surface area contributed by atoms with Gasteiger partial charge >= 0.3 is 12.4 Å². The average Bonchev–Trinajstić information content (AvgIpc) is 4.40. The Kier molecular flexibility index (Phi) is 19.0. The predicted molar refractivity (Wildman–Crippen MR) is 298 cm³/mol. The van der Waals surface area contributed by atoms with Gasteiger partial charge in [0.15, 0.2) is 5.82 Å². The Labute approximate surface area is 479 Å². The molecular formula is C58H64F6N12O6S. The number of carbonyl (C=O) groups excluding carboxylic acids is 4. The second-order valence-corrected chi connectivity index (χ2v) is 22.5. The van der Waals surface area contributed by atoms with Gasteiger partial charge in [0.2, 0.25) is 17.7 Å². The number of rotatable bonds is 22. The number of benzene rings is 3. The van der Waals surface area contributed by atoms with Crippen molar-refractivity contribution in [2.45, 2.75) is 116 Å². The Morgan fingerprint density at radius 3 is 2.34 bits per heavy atom. The molecule has 1 fully saturated rings. The number of nitriles is 1. The number of amides is 4. The van der Waals surface area contributed by atoms with Crippen molar-refractivity contribution in [1.29, 1.82) is 5.26 Å². The fourth-order valence-electron chi connectivity index (χ4n) is 10.0. The second kappa shape index (κ2) is 25.8. The van der Waals surface area contributed by atoms with Crippen molar-refractivity contribution in [3.63, 3.8) is 0 Å². The number of nitrogens with one attached hydrogen (secondary N) is 4. The van der Waals surface area contributed by atoms with Gasteiger partial charge in [0.1, 0.15) is 30.0 Å². The summed E-state index contributed by atoms with van der Waals surface area (Å²) in [6, 6.07) is 15.5. The van der Waals surface area contributed by atoms with E-state index in [0.717, 1.165) is 44.8 Å². The van der Waals surface area contributed by atoms with Gasteiger partial charge in [-0.1, -0.05) is 45.0 Å². The molecular weight excluding hydrogens is 1110 g/mol. The van der Waals surface area contributed by atoms with E-state index in [1.807, 2.05) is 44.2 Å². The van der Waals surface area contributed by atoms with Crippen LogP contribution in [-0.4, -0.2) is 109 Å². The molecule has 0 radical (unpaired) electrons. The highest BCUT2D eigenvalue weighted by molar-refractivity contribution is 7.13. The first-order valence-corrected chi connectivity index (χ1v) is 27.8. The van der Waals surface area contributed by atoms with Gasteiger partial charge in [-0.3, -0.25) is 24.1 Å². The number of hydrogen-bond donors (Lipinski definition) is 5. The number of β-amino-alcohol motifs (C(OH)–C–C–N with tert-alkyl or cyclic N) is 1. The third kappa shape index (κ3) is 14.7. The van der Waals surface area contributed by atoms with E-state index < -0.39 is 83.3 Å². The fourth-order valence-corrected chi connectivity index (χ4v) is 10.8. The third-order valence-electron chi connectivity index (χ3n) is 14.4. The molecule has 0 saturated carbocycles. The zero-order valence-electron chi connectivity index (χ0n) is 46.5. The topological polar surface area (TPSA) is 233 Å². The van der Waals surface area contributed by atoms with Crippen LogP contribution < -0.4 is 26.2 Å². The molecule has 2 aliphatic heterocycles. The summed E-state index contributed by atoms with van der Waals surface area (Å²) in [6.45, 7) is 9.00. The molecule has 440 valence electrons. The highest BCUT2D eigenvalue weighted by Gasteiger charge is 2.45. The number of aliphatic hydroxyl groups excluding tert-OH is 1. The predicted octanol–water partition coefficient (Wildman–Crippen LogP) is 9.15. The molecule has 5 heterocycles. The van der Waals surface area contributed by atoms with E-state index in [4.69, 9.17) is 10.00 Å². The Bertz CT molecular complexity index is 3370. The number of aryl methyl sites for hydroxylation is 2. The van der Waals surface area contributed by atoms with Gasteiger partial charge in [-0.15, -0.1) is 21.5 Å². The van der Waals surface area contributed by atoms with E-state index in [9.17, 15) is 50.6 Å². The minimum atomic E-state index is -4.89. The van der Waals surface area contributed by atoms with Crippen molar-refractivity contribution >= 4 is 46.6 Å². The normalized spacial score (nSPS) is 16.2. The van der Waals surface area contributed by atoms with Gasteiger partial charge in [-0.05, 0) is 108 Å². The number of carbonyl (C=O) groups is 4. The van der Waals surface area contributed by atoms with E-state index in [1.165, 1.54) is 51.4 Å². The minimum absolute atomic E-state index is 0.0197. The molecule has 0 spiro atoms. The van der Waals surface area contributed by atoms with Crippen LogP contribution in [0.1, 0.15) is 110 Å². The molecule has 5 N–H and O–H groups in total. The van der Waals surface area contributed by atoms with Crippen molar-refractivity contribution in [3.05, 3.63) is 118 Å². The van der Waals surface area contributed by atoms with Crippen LogP contribution in [-0.2, 0) is 51.6 Å². The van der Waals surface area contributed by atoms with Crippen LogP contribution in [0.5, 0.6) is 0 Å². The number of hydrogen-bond acceptors (Lipinski definition) is 14. The van der Waals surface area contributed by atoms with Crippen LogP contribution in [0.2, 0.25) is 0 Å². The first-order chi connectivity index (χ1) is 39.3. The Balaban J connectivity index is 0.861. The zero-order chi connectivity index (χ0) is 60.0. The Hall–Kier alpha value is -7.79. The number of thiazole rings is 1. The van der Waals surface area contributed by atoms with Gasteiger partial charge in [-0.2, -0.15) is 31.6 Å². The summed E-state index contributed by atoms with van der Waals surface area (Å²) in [4.78, 5) is 67.7. The molecule has 1 saturated heterocycles. The van der Waals surface area contributed by atoms with E-state index in [0.29, 0.717) is 6.42 Å². The second-order valence-electron chi connectivity index (χ2n) is 21.6. The number of pyridine rings is 1. The summed E-state index contributed by atoms with van der Waals surface area (Å²) in [6.07, 6.45) is -8.42. The number of likely N-dealkylation sites (tertiary alicyclic amines) is 1. The first kappa shape index (κ1) is 61.3. The van der Waals surface area contributed by atoms with Gasteiger partial charge in [-0.25, -0.2) is 9.97 Å². The minimum Gasteiger partial charge on any atom is -0.391 e. The van der Waals surface area contributed by atoms with Crippen LogP contribution in [0.15, 0.2) is 78.6 Å². The molecule has 83 heavy (non-hydrogen) atoms. The fraction of sp³-hybridized carbons (Fsp3) is 0.431. The van der Waals surface area contributed by atoms with Crippen LogP contribution in [0.3, 0.4) is 0 Å². The molecule has 8 rings (SSSR count). The van der Waals surface area contributed by atoms with Crippen molar-refractivity contribution < 1.29 is 55.4 Å². The highest BCUT2D eigenvalue weighted by Crippen LogP contribution is 2.43. The molecule has 3 aromatic heterocycles. The lowest BCUT2D eigenvalue weighted by atomic mass is 9.85. The molecule has 6 aromatic rings. The summed E-state index contributed by atoms with van der Waals surface area (Å²) in [5.41, 5.74) is 1.77. The van der Waals surface area contributed by atoms with Crippen LogP contribution >= 0.6 is 11.3 Å². The van der Waals surface area contributed by atoms with Gasteiger partial charge in [0.25, 0.3) is 5.91 Å². The van der Waals surface area contributed by atoms with Crippen molar-refractivity contribution in [1.82, 2.24) is 45.6 Å². The smallest absolute Gasteiger partial charge is 0.391 e. The van der Waals surface area contributed by atoms with Gasteiger partial charge in [0.05, 0.1) is 58.6 Å². The van der Waals surface area contributed by atoms with E-state index >= 15 is 0 Å². The maximum atomic E-state index is 14.8. The quantitative estimate of drug-likeness (QED) is 0.0316. The molecule has 0 bridgehead atoms. The molecule has 0 aliphatic carbocycles. The first-order valence-electron chi connectivity index (χ1n) is 26.9. The third-order valence-corrected chi connectivity index (χ3v) is 15.4. The van der Waals surface area contributed by atoms with Crippen molar-refractivity contribution in [3.8, 4) is 39.0 Å². The number of ether oxygens (including phenoxy) is 1. The molecule has 25 heteroatoms. The number of fused-ring (bicyclic) bond motifs is 1. The lowest BCUT2D eigenvalue weighted by Crippen LogP contribution is -2.57. The standard InChI is InChI=1S/C58H64F6N12O6S/c1-33(36-11-13-37(14-12-36)50-34(2)68-32-83-50)70-53(79)46-27-40(77)29-75(46)55(81)51(56(3,4)5)72-49(78)10-9-20-82-21-19-66-28-35-22-43-44(45(23-35)58(62,63)64)30-76(54(43)80)48-25-38(24-47(71-48)67-18-8-7-17-65)42-26-39(57(59,60)61)15-16-41(42)52-73-69-31-74(52)6/h11-16,22-26,31-33,40,46,51,66,77H,7-10,18-21,27-30H2,1-6H3,(H,67,71)(H,70,79)(H,72,78)/t33-,40+,46-,51+/m0/s1. The number of unbranched alkanes of at least 4 members (excludes halogenated alkanes) is 1. The summed E-state index contributed by atoms with van der Waals surface area (Å²) in [5.74, 6) is -2.01. The highest BCUT2D eigenvalue weighted by atomic mass is 32.1. The van der Waals surface area contributed by atoms with Crippen LogP contribution in [0.4, 0.5) is 38.0 Å². The lowest BCUT2D eigenvalue weighted by Gasteiger charge is -2.35. The molecule has 4 amide bonds. The zero-order valence-corrected chi connectivity index (χ0v) is 47.4. The van der Waals surface area contributed by atoms with Crippen LogP contribution in [0, 0.1) is 23.7 Å². The van der Waals surface area contributed by atoms with Gasteiger partial charge in [0, 0.05) is 70.2 Å². The summed E-state index contributed by atoms with van der Waals surface area (Å²) >= 11 is 1.54. The molecule has 0 unspecified atom stereocenters. The largest absolute Gasteiger partial charge is 0.416 e. The SMILES string of the molecule is Cc1ncsc1-c1ccc([C@H](C)NC(=O)[C@@H]2C[C@@H](O)CN2C(=O)[C@@H](NC(=O)CCCOCCNCc2cc3c(c(C(F)(F)F)c2)CN(c2cc(-c4cc(C(F)(F)F)ccc4-c4nncn4C)cc(NCCCC#N)n2)C3=O)C(C)(C)C)cc1. The average molecular weight is 1170 g/mol. The Morgan fingerprint density at radius 1 is 0.916 bits per heavy atom. The van der Waals surface area contributed by atoms with Crippen LogP contribution in [0.25, 0.3) is 33.0 Å². The molecule has 4 atom stereocenters. The summed E-state index contributed by atoms with van der Waals surface area (Å²) < 4.78 is 94.3. The van der Waals surface area contributed by atoms with E-state index in [1.54, 1.807) is 33.3 Å². The number of alkyl halides is 6. The number of anilines is 2. The van der Waals surface area contributed by atoms with Crippen molar-refractivity contribution in [2.24, 2.45) is 12.5 Å². The maximum absolute atomic E-state index is 14.8. The lowest BCUT2D eigenvalue weighted by molar-refractivity contribution is -0.144. The number of aromatic nitrogens is 5. The maximum Gasteiger partial charge on any atom is 0.416 e. The molecule has 2 aliphatic rings. The molecule has 3 aromatic carbocycles. The summed E-state index contributed by atoms with van der Waals surface area (Å²) in [5, 5.41) is 39.6.